The monoisotopic (exact) mass is 216 g/mol. The number of hydrogen-bond acceptors (Lipinski definition) is 6. The summed E-state index contributed by atoms with van der Waals surface area (Å²) < 4.78 is 5.10. The number of rotatable bonds is 5. The quantitative estimate of drug-likeness (QED) is 0.434. The molecule has 1 aromatic heterocycles. The molecule has 78 valence electrons. The van der Waals surface area contributed by atoms with Crippen molar-refractivity contribution >= 4 is 17.7 Å². The highest BCUT2D eigenvalue weighted by atomic mass is 32.2. The van der Waals surface area contributed by atoms with E-state index in [-0.39, 0.29) is 5.97 Å². The van der Waals surface area contributed by atoms with Crippen molar-refractivity contribution < 1.29 is 14.0 Å². The van der Waals surface area contributed by atoms with Gasteiger partial charge in [0, 0.05) is 10.6 Å². The molecule has 0 amide bonds. The minimum absolute atomic E-state index is 0.305. The lowest BCUT2D eigenvalue weighted by Crippen LogP contribution is -2.26. The number of carbonyl (C=O) groups is 1. The number of nitrogens with one attached hydrogen (secondary N) is 1. The fraction of sp³-hybridized carbons (Fsp3) is 0.375. The van der Waals surface area contributed by atoms with Gasteiger partial charge in [0.2, 0.25) is 0 Å². The van der Waals surface area contributed by atoms with Gasteiger partial charge in [0.1, 0.15) is 5.76 Å². The summed E-state index contributed by atoms with van der Waals surface area (Å²) in [7, 11) is 0. The molecule has 0 saturated carbocycles. The van der Waals surface area contributed by atoms with Gasteiger partial charge in [-0.25, -0.2) is 5.84 Å². The third kappa shape index (κ3) is 3.41. The molecular formula is C8H12N2O3S. The van der Waals surface area contributed by atoms with Gasteiger partial charge in [0.15, 0.2) is 0 Å². The SMILES string of the molecule is Cc1occc1SCCC(=O)ONN. The fourth-order valence-electron chi connectivity index (χ4n) is 0.884. The maximum Gasteiger partial charge on any atom is 0.327 e. The second-order valence-electron chi connectivity index (χ2n) is 2.53. The van der Waals surface area contributed by atoms with Crippen LogP contribution in [0.2, 0.25) is 0 Å². The summed E-state index contributed by atoms with van der Waals surface area (Å²) in [6, 6.07) is 1.87. The second-order valence-corrected chi connectivity index (χ2v) is 3.67. The van der Waals surface area contributed by atoms with E-state index in [4.69, 9.17) is 10.3 Å². The van der Waals surface area contributed by atoms with E-state index >= 15 is 0 Å². The molecule has 1 heterocycles. The third-order valence-electron chi connectivity index (χ3n) is 1.55. The molecule has 0 spiro atoms. The van der Waals surface area contributed by atoms with Crippen molar-refractivity contribution in [1.82, 2.24) is 5.59 Å². The molecule has 0 fully saturated rings. The van der Waals surface area contributed by atoms with E-state index in [1.54, 1.807) is 18.0 Å². The number of hydrazine groups is 1. The van der Waals surface area contributed by atoms with Crippen molar-refractivity contribution in [3.05, 3.63) is 18.1 Å². The number of thioether (sulfide) groups is 1. The summed E-state index contributed by atoms with van der Waals surface area (Å²) in [6.45, 7) is 1.88. The van der Waals surface area contributed by atoms with E-state index in [0.717, 1.165) is 10.7 Å². The Hall–Kier alpha value is -0.980. The molecule has 0 unspecified atom stereocenters. The molecule has 0 aromatic carbocycles. The highest BCUT2D eigenvalue weighted by Crippen LogP contribution is 2.23. The Morgan fingerprint density at radius 3 is 3.14 bits per heavy atom. The van der Waals surface area contributed by atoms with Crippen LogP contribution >= 0.6 is 11.8 Å². The highest BCUT2D eigenvalue weighted by molar-refractivity contribution is 7.99. The smallest absolute Gasteiger partial charge is 0.327 e. The predicted octanol–water partition coefficient (Wildman–Crippen LogP) is 0.992. The van der Waals surface area contributed by atoms with Gasteiger partial charge in [-0.05, 0) is 13.0 Å². The normalized spacial score (nSPS) is 10.1. The summed E-state index contributed by atoms with van der Waals surface area (Å²) in [5.74, 6) is 5.93. The molecule has 0 aliphatic heterocycles. The minimum Gasteiger partial charge on any atom is -0.468 e. The van der Waals surface area contributed by atoms with Crippen LogP contribution in [0.3, 0.4) is 0 Å². The van der Waals surface area contributed by atoms with Gasteiger partial charge in [-0.3, -0.25) is 4.79 Å². The molecule has 0 radical (unpaired) electrons. The first-order valence-corrected chi connectivity index (χ1v) is 5.04. The molecule has 0 bridgehead atoms. The van der Waals surface area contributed by atoms with Crippen LogP contribution in [0.4, 0.5) is 0 Å². The highest BCUT2D eigenvalue weighted by Gasteiger charge is 2.05. The first-order chi connectivity index (χ1) is 6.74. The maximum absolute atomic E-state index is 10.9. The van der Waals surface area contributed by atoms with E-state index in [1.165, 1.54) is 0 Å². The molecule has 0 aliphatic rings. The molecule has 0 saturated heterocycles. The standard InChI is InChI=1S/C8H12N2O3S/c1-6-7(2-4-12-6)14-5-3-8(11)13-10-9/h2,4,10H,3,5,9H2,1H3. The van der Waals surface area contributed by atoms with Gasteiger partial charge in [-0.2, -0.15) is 0 Å². The van der Waals surface area contributed by atoms with Crippen molar-refractivity contribution in [2.75, 3.05) is 5.75 Å². The van der Waals surface area contributed by atoms with Crippen LogP contribution in [0.25, 0.3) is 0 Å². The minimum atomic E-state index is -0.374. The average Bonchev–Trinajstić information content (AvgIpc) is 2.52. The van der Waals surface area contributed by atoms with Crippen LogP contribution in [0.5, 0.6) is 0 Å². The van der Waals surface area contributed by atoms with Crippen LogP contribution < -0.4 is 11.4 Å². The summed E-state index contributed by atoms with van der Waals surface area (Å²) in [4.78, 5) is 16.2. The number of carbonyl (C=O) groups excluding carboxylic acids is 1. The molecule has 5 nitrogen and oxygen atoms in total. The zero-order valence-corrected chi connectivity index (χ0v) is 8.60. The van der Waals surface area contributed by atoms with Crippen molar-refractivity contribution in [2.24, 2.45) is 5.84 Å². The van der Waals surface area contributed by atoms with Gasteiger partial charge in [-0.15, -0.1) is 11.8 Å². The van der Waals surface area contributed by atoms with Crippen molar-refractivity contribution in [3.63, 3.8) is 0 Å². The average molecular weight is 216 g/mol. The van der Waals surface area contributed by atoms with Crippen molar-refractivity contribution in [3.8, 4) is 0 Å². The molecule has 0 atom stereocenters. The Kier molecular flexibility index (Phi) is 4.51. The van der Waals surface area contributed by atoms with Crippen LogP contribution in [-0.4, -0.2) is 11.7 Å². The maximum atomic E-state index is 10.9. The Balaban J connectivity index is 2.22. The van der Waals surface area contributed by atoms with Gasteiger partial charge in [0.25, 0.3) is 0 Å². The van der Waals surface area contributed by atoms with Crippen LogP contribution in [0, 0.1) is 6.92 Å². The van der Waals surface area contributed by atoms with Gasteiger partial charge < -0.3 is 9.25 Å². The number of furan rings is 1. The van der Waals surface area contributed by atoms with Crippen LogP contribution in [0.15, 0.2) is 21.6 Å². The van der Waals surface area contributed by atoms with E-state index in [2.05, 4.69) is 4.84 Å². The van der Waals surface area contributed by atoms with Crippen molar-refractivity contribution in [2.45, 2.75) is 18.2 Å². The Bertz CT molecular complexity index is 301. The van der Waals surface area contributed by atoms with E-state index in [1.807, 2.05) is 18.6 Å². The lowest BCUT2D eigenvalue weighted by atomic mass is 10.5. The van der Waals surface area contributed by atoms with Gasteiger partial charge in [0.05, 0.1) is 12.7 Å². The van der Waals surface area contributed by atoms with Gasteiger partial charge >= 0.3 is 5.97 Å². The largest absolute Gasteiger partial charge is 0.468 e. The fourth-order valence-corrected chi connectivity index (χ4v) is 1.78. The summed E-state index contributed by atoms with van der Waals surface area (Å²) in [5, 5.41) is 0. The topological polar surface area (TPSA) is 77.5 Å². The molecule has 1 aromatic rings. The Morgan fingerprint density at radius 2 is 2.57 bits per heavy atom. The molecule has 1 rings (SSSR count). The third-order valence-corrected chi connectivity index (χ3v) is 2.69. The molecular weight excluding hydrogens is 204 g/mol. The summed E-state index contributed by atoms with van der Waals surface area (Å²) in [5.41, 5.74) is 1.85. The zero-order valence-electron chi connectivity index (χ0n) is 7.78. The Labute approximate surface area is 85.9 Å². The molecule has 14 heavy (non-hydrogen) atoms. The second kappa shape index (κ2) is 5.69. The zero-order chi connectivity index (χ0) is 10.4. The first kappa shape index (κ1) is 11.1. The summed E-state index contributed by atoms with van der Waals surface area (Å²) in [6.07, 6.45) is 1.93. The van der Waals surface area contributed by atoms with Gasteiger partial charge in [-0.1, -0.05) is 5.59 Å². The van der Waals surface area contributed by atoms with E-state index in [9.17, 15) is 4.79 Å². The number of hydrogen-bond donors (Lipinski definition) is 2. The van der Waals surface area contributed by atoms with Crippen LogP contribution in [0.1, 0.15) is 12.2 Å². The summed E-state index contributed by atoms with van der Waals surface area (Å²) >= 11 is 1.54. The van der Waals surface area contributed by atoms with Crippen LogP contribution in [-0.2, 0) is 9.63 Å². The molecule has 3 N–H and O–H groups in total. The Morgan fingerprint density at radius 1 is 1.79 bits per heavy atom. The lowest BCUT2D eigenvalue weighted by molar-refractivity contribution is -0.150. The number of nitrogens with two attached hydrogens (primary N) is 1. The van der Waals surface area contributed by atoms with E-state index < -0.39 is 0 Å². The predicted molar refractivity (Wildman–Crippen MR) is 52.2 cm³/mol. The first-order valence-electron chi connectivity index (χ1n) is 4.06. The lowest BCUT2D eigenvalue weighted by Gasteiger charge is -2.00. The number of aryl methyl sites for hydroxylation is 1. The van der Waals surface area contributed by atoms with Crippen molar-refractivity contribution in [1.29, 1.82) is 0 Å². The van der Waals surface area contributed by atoms with E-state index in [0.29, 0.717) is 12.2 Å². The molecule has 0 aliphatic carbocycles. The molecule has 6 heteroatoms.